The molecule has 0 bridgehead atoms. The molecule has 3 nitrogen and oxygen atoms in total. The van der Waals surface area contributed by atoms with E-state index < -0.39 is 0 Å². The fourth-order valence-electron chi connectivity index (χ4n) is 0.909. The van der Waals surface area contributed by atoms with Crippen molar-refractivity contribution in [2.45, 2.75) is 12.8 Å². The maximum Gasteiger partial charge on any atom is 0.237 e. The summed E-state index contributed by atoms with van der Waals surface area (Å²) in [5.74, 6) is 0.0531. The van der Waals surface area contributed by atoms with Crippen LogP contribution in [0.5, 0.6) is 0 Å². The van der Waals surface area contributed by atoms with Crippen molar-refractivity contribution >= 4 is 5.91 Å². The zero-order chi connectivity index (χ0) is 10.3. The largest absolute Gasteiger partial charge is 0.331 e. The lowest BCUT2D eigenvalue weighted by molar-refractivity contribution is -0.128. The number of likely N-dealkylation sites (N-methyl/N-ethyl adjacent to an activating group) is 1. The van der Waals surface area contributed by atoms with Gasteiger partial charge in [-0.25, -0.2) is 0 Å². The first kappa shape index (κ1) is 12.4. The van der Waals surface area contributed by atoms with Gasteiger partial charge in [-0.05, 0) is 26.9 Å². The van der Waals surface area contributed by atoms with Gasteiger partial charge in [0.25, 0.3) is 0 Å². The third kappa shape index (κ3) is 5.64. The smallest absolute Gasteiger partial charge is 0.237 e. The highest BCUT2D eigenvalue weighted by atomic mass is 16.2. The molecule has 0 N–H and O–H groups in total. The number of hydrogen-bond donors (Lipinski definition) is 0. The van der Waals surface area contributed by atoms with Gasteiger partial charge in [0.05, 0.1) is 19.6 Å². The van der Waals surface area contributed by atoms with Crippen molar-refractivity contribution in [1.29, 1.82) is 0 Å². The standard InChI is InChI=1S/C10H18N2O/c1-5-7-12(8-6-2)10(13)9-11(3)4/h7-8H,1-2,5-6,9H2,3-4H3. The SMILES string of the molecule is [CH2]C[CH]N([CH]C[CH2])C(=O)CN(C)C. The number of carbonyl (C=O) groups excluding carboxylic acids is 1. The minimum atomic E-state index is 0.0531. The minimum Gasteiger partial charge on any atom is -0.331 e. The van der Waals surface area contributed by atoms with E-state index in [9.17, 15) is 4.79 Å². The molecule has 0 aromatic carbocycles. The van der Waals surface area contributed by atoms with E-state index in [1.807, 2.05) is 19.0 Å². The van der Waals surface area contributed by atoms with Gasteiger partial charge in [-0.3, -0.25) is 4.79 Å². The highest BCUT2D eigenvalue weighted by Crippen LogP contribution is 2.03. The molecule has 74 valence electrons. The molecule has 0 heterocycles. The molecule has 0 aromatic rings. The van der Waals surface area contributed by atoms with Gasteiger partial charge in [0, 0.05) is 0 Å². The third-order valence-electron chi connectivity index (χ3n) is 1.39. The van der Waals surface area contributed by atoms with Crippen LogP contribution >= 0.6 is 0 Å². The van der Waals surface area contributed by atoms with Crippen molar-refractivity contribution < 1.29 is 4.79 Å². The summed E-state index contributed by atoms with van der Waals surface area (Å²) in [5, 5.41) is 0. The monoisotopic (exact) mass is 182 g/mol. The summed E-state index contributed by atoms with van der Waals surface area (Å²) in [5.41, 5.74) is 0. The summed E-state index contributed by atoms with van der Waals surface area (Å²) in [7, 11) is 3.73. The Hall–Kier alpha value is -0.570. The molecule has 0 aliphatic carbocycles. The molecule has 13 heavy (non-hydrogen) atoms. The fraction of sp³-hybridized carbons (Fsp3) is 0.500. The molecule has 0 unspecified atom stereocenters. The summed E-state index contributed by atoms with van der Waals surface area (Å²) in [6, 6.07) is 0. The number of hydrogen-bond acceptors (Lipinski definition) is 2. The number of nitrogens with zero attached hydrogens (tertiary/aromatic N) is 2. The predicted octanol–water partition coefficient (Wildman–Crippen LogP) is 1.15. The van der Waals surface area contributed by atoms with Crippen LogP contribution in [0.25, 0.3) is 0 Å². The summed E-state index contributed by atoms with van der Waals surface area (Å²) in [4.78, 5) is 14.9. The van der Waals surface area contributed by atoms with Gasteiger partial charge in [-0.2, -0.15) is 0 Å². The molecular weight excluding hydrogens is 164 g/mol. The van der Waals surface area contributed by atoms with Gasteiger partial charge >= 0.3 is 0 Å². The van der Waals surface area contributed by atoms with E-state index in [1.54, 1.807) is 18.0 Å². The van der Waals surface area contributed by atoms with Crippen LogP contribution in [0.15, 0.2) is 0 Å². The van der Waals surface area contributed by atoms with E-state index in [0.29, 0.717) is 19.4 Å². The van der Waals surface area contributed by atoms with Crippen molar-refractivity contribution in [1.82, 2.24) is 9.80 Å². The molecule has 0 saturated heterocycles. The van der Waals surface area contributed by atoms with E-state index in [4.69, 9.17) is 0 Å². The Morgan fingerprint density at radius 3 is 2.00 bits per heavy atom. The molecule has 0 aromatic heterocycles. The van der Waals surface area contributed by atoms with Crippen molar-refractivity contribution in [2.24, 2.45) is 0 Å². The average Bonchev–Trinajstić information content (AvgIpc) is 2.02. The summed E-state index contributed by atoms with van der Waals surface area (Å²) >= 11 is 0. The molecule has 4 radical (unpaired) electrons. The fourth-order valence-corrected chi connectivity index (χ4v) is 0.909. The Labute approximate surface area is 81.7 Å². The molecule has 0 rings (SSSR count). The quantitative estimate of drug-likeness (QED) is 0.615. The maximum atomic E-state index is 11.5. The van der Waals surface area contributed by atoms with Crippen LogP contribution in [0.4, 0.5) is 0 Å². The highest BCUT2D eigenvalue weighted by Gasteiger charge is 2.12. The van der Waals surface area contributed by atoms with Gasteiger partial charge < -0.3 is 9.80 Å². The lowest BCUT2D eigenvalue weighted by atomic mass is 10.3. The highest BCUT2D eigenvalue weighted by molar-refractivity contribution is 5.79. The lowest BCUT2D eigenvalue weighted by Gasteiger charge is -2.22. The van der Waals surface area contributed by atoms with E-state index in [2.05, 4.69) is 13.8 Å². The molecule has 0 spiro atoms. The molecule has 0 atom stereocenters. The van der Waals surface area contributed by atoms with Gasteiger partial charge in [-0.1, -0.05) is 13.8 Å². The summed E-state index contributed by atoms with van der Waals surface area (Å²) < 4.78 is 0. The Balaban J connectivity index is 3.95. The Bertz CT molecular complexity index is 140. The minimum absolute atomic E-state index is 0.0531. The van der Waals surface area contributed by atoms with Crippen LogP contribution in [-0.2, 0) is 4.79 Å². The summed E-state index contributed by atoms with van der Waals surface area (Å²) in [6.07, 6.45) is 1.21. The number of rotatable bonds is 6. The first-order valence-corrected chi connectivity index (χ1v) is 4.32. The number of amides is 1. The molecule has 0 fully saturated rings. The Kier molecular flexibility index (Phi) is 6.59. The first-order valence-electron chi connectivity index (χ1n) is 4.32. The van der Waals surface area contributed by atoms with Crippen molar-refractivity contribution in [2.75, 3.05) is 20.6 Å². The summed E-state index contributed by atoms with van der Waals surface area (Å²) in [6.45, 7) is 11.3. The van der Waals surface area contributed by atoms with Gasteiger partial charge in [0.15, 0.2) is 0 Å². The van der Waals surface area contributed by atoms with E-state index in [-0.39, 0.29) is 5.91 Å². The van der Waals surface area contributed by atoms with Crippen LogP contribution < -0.4 is 0 Å². The molecular formula is C10H18N2O. The molecule has 1 amide bonds. The van der Waals surface area contributed by atoms with Gasteiger partial charge in [-0.15, -0.1) is 0 Å². The van der Waals surface area contributed by atoms with Gasteiger partial charge in [0.1, 0.15) is 0 Å². The first-order chi connectivity index (χ1) is 6.11. The van der Waals surface area contributed by atoms with Gasteiger partial charge in [0.2, 0.25) is 5.91 Å². The predicted molar refractivity (Wildman–Crippen MR) is 53.9 cm³/mol. The normalized spacial score (nSPS) is 10.5. The Morgan fingerprint density at radius 2 is 1.69 bits per heavy atom. The van der Waals surface area contributed by atoms with Crippen LogP contribution in [0.2, 0.25) is 0 Å². The second-order valence-electron chi connectivity index (χ2n) is 2.98. The zero-order valence-corrected chi connectivity index (χ0v) is 8.49. The van der Waals surface area contributed by atoms with Crippen molar-refractivity contribution in [3.8, 4) is 0 Å². The second kappa shape index (κ2) is 6.89. The van der Waals surface area contributed by atoms with Crippen molar-refractivity contribution in [3.05, 3.63) is 26.9 Å². The van der Waals surface area contributed by atoms with E-state index >= 15 is 0 Å². The van der Waals surface area contributed by atoms with E-state index in [1.165, 1.54) is 0 Å². The average molecular weight is 182 g/mol. The maximum absolute atomic E-state index is 11.5. The van der Waals surface area contributed by atoms with Crippen molar-refractivity contribution in [3.63, 3.8) is 0 Å². The molecule has 0 saturated carbocycles. The second-order valence-corrected chi connectivity index (χ2v) is 2.98. The molecule has 3 heteroatoms. The topological polar surface area (TPSA) is 23.6 Å². The lowest BCUT2D eigenvalue weighted by Crippen LogP contribution is -2.34. The number of carbonyl (C=O) groups is 1. The molecule has 0 aliphatic rings. The van der Waals surface area contributed by atoms with Crippen LogP contribution in [0.3, 0.4) is 0 Å². The van der Waals surface area contributed by atoms with Crippen LogP contribution in [0.1, 0.15) is 12.8 Å². The van der Waals surface area contributed by atoms with Crippen LogP contribution in [-0.4, -0.2) is 36.3 Å². The molecule has 0 aliphatic heterocycles. The Morgan fingerprint density at radius 1 is 1.23 bits per heavy atom. The zero-order valence-electron chi connectivity index (χ0n) is 8.49. The third-order valence-corrected chi connectivity index (χ3v) is 1.39. The van der Waals surface area contributed by atoms with E-state index in [0.717, 1.165) is 0 Å². The van der Waals surface area contributed by atoms with Crippen LogP contribution in [0, 0.1) is 26.9 Å².